The van der Waals surface area contributed by atoms with Gasteiger partial charge in [0.25, 0.3) is 0 Å². The van der Waals surface area contributed by atoms with Crippen molar-refractivity contribution in [3.8, 4) is 5.75 Å². The van der Waals surface area contributed by atoms with Gasteiger partial charge in [0.1, 0.15) is 5.75 Å². The van der Waals surface area contributed by atoms with Crippen molar-refractivity contribution >= 4 is 11.7 Å². The van der Waals surface area contributed by atoms with Crippen molar-refractivity contribution in [3.63, 3.8) is 0 Å². The largest absolute Gasteiger partial charge is 0.497 e. The van der Waals surface area contributed by atoms with Crippen molar-refractivity contribution in [1.29, 1.82) is 0 Å². The summed E-state index contributed by atoms with van der Waals surface area (Å²) in [6.07, 6.45) is 2.07. The maximum Gasteiger partial charge on any atom is 0.322 e. The number of methoxy groups -OCH3 is 1. The molecule has 0 fully saturated rings. The van der Waals surface area contributed by atoms with Gasteiger partial charge < -0.3 is 19.5 Å². The fourth-order valence-corrected chi connectivity index (χ4v) is 3.48. The molecule has 1 N–H and O–H groups in total. The molecular weight excluding hydrogens is 326 g/mol. The molecule has 2 amide bonds. The summed E-state index contributed by atoms with van der Waals surface area (Å²) in [5, 5.41) is 3.01. The van der Waals surface area contributed by atoms with Crippen LogP contribution in [0.25, 0.3) is 0 Å². The number of ether oxygens (including phenoxy) is 1. The number of rotatable bonds is 3. The smallest absolute Gasteiger partial charge is 0.322 e. The van der Waals surface area contributed by atoms with Crippen molar-refractivity contribution in [2.45, 2.75) is 12.6 Å². The second-order valence-corrected chi connectivity index (χ2v) is 6.30. The van der Waals surface area contributed by atoms with Crippen LogP contribution in [0.15, 0.2) is 72.9 Å². The Bertz CT molecular complexity index is 904. The van der Waals surface area contributed by atoms with Crippen molar-refractivity contribution in [3.05, 3.63) is 84.2 Å². The first-order valence-corrected chi connectivity index (χ1v) is 8.68. The molecule has 132 valence electrons. The average Bonchev–Trinajstić information content (AvgIpc) is 3.16. The number of hydrogen-bond acceptors (Lipinski definition) is 2. The molecule has 1 aliphatic rings. The van der Waals surface area contributed by atoms with Gasteiger partial charge in [0.2, 0.25) is 0 Å². The van der Waals surface area contributed by atoms with Gasteiger partial charge in [-0.15, -0.1) is 0 Å². The standard InChI is InChI=1S/C21H21N3O2/c1-26-18-10-5-9-17(15-18)22-21(25)24-14-13-23-12-6-11-19(23)20(24)16-7-3-2-4-8-16/h2-12,15,20H,13-14H2,1H3,(H,22,25)/t20-/m1/s1. The van der Waals surface area contributed by atoms with Crippen LogP contribution in [0.4, 0.5) is 10.5 Å². The molecule has 0 aliphatic carbocycles. The predicted octanol–water partition coefficient (Wildman–Crippen LogP) is 4.13. The molecule has 4 rings (SSSR count). The summed E-state index contributed by atoms with van der Waals surface area (Å²) in [6.45, 7) is 1.44. The first-order chi connectivity index (χ1) is 12.8. The van der Waals surface area contributed by atoms with Gasteiger partial charge >= 0.3 is 6.03 Å². The maximum absolute atomic E-state index is 13.0. The van der Waals surface area contributed by atoms with Crippen LogP contribution in [-0.4, -0.2) is 29.2 Å². The number of carbonyl (C=O) groups is 1. The lowest BCUT2D eigenvalue weighted by Crippen LogP contribution is -2.44. The molecule has 0 spiro atoms. The Balaban J connectivity index is 1.64. The second kappa shape index (κ2) is 6.96. The maximum atomic E-state index is 13.0. The van der Waals surface area contributed by atoms with E-state index in [0.717, 1.165) is 29.2 Å². The predicted molar refractivity (Wildman–Crippen MR) is 101 cm³/mol. The minimum Gasteiger partial charge on any atom is -0.497 e. The summed E-state index contributed by atoms with van der Waals surface area (Å²) in [7, 11) is 1.62. The summed E-state index contributed by atoms with van der Waals surface area (Å²) < 4.78 is 7.46. The van der Waals surface area contributed by atoms with Gasteiger partial charge in [0.15, 0.2) is 0 Å². The number of nitrogens with zero attached hydrogens (tertiary/aromatic N) is 2. The van der Waals surface area contributed by atoms with E-state index in [4.69, 9.17) is 4.74 Å². The van der Waals surface area contributed by atoms with Gasteiger partial charge in [-0.1, -0.05) is 36.4 Å². The van der Waals surface area contributed by atoms with E-state index in [0.29, 0.717) is 6.54 Å². The van der Waals surface area contributed by atoms with Crippen LogP contribution < -0.4 is 10.1 Å². The van der Waals surface area contributed by atoms with E-state index in [-0.39, 0.29) is 12.1 Å². The van der Waals surface area contributed by atoms with Crippen LogP contribution in [0.3, 0.4) is 0 Å². The van der Waals surface area contributed by atoms with Crippen LogP contribution in [0.5, 0.6) is 5.75 Å². The van der Waals surface area contributed by atoms with Gasteiger partial charge in [-0.2, -0.15) is 0 Å². The monoisotopic (exact) mass is 347 g/mol. The summed E-state index contributed by atoms with van der Waals surface area (Å²) >= 11 is 0. The van der Waals surface area contributed by atoms with Gasteiger partial charge in [0, 0.05) is 36.7 Å². The summed E-state index contributed by atoms with van der Waals surface area (Å²) in [4.78, 5) is 14.9. The highest BCUT2D eigenvalue weighted by atomic mass is 16.5. The fraction of sp³-hybridized carbons (Fsp3) is 0.190. The van der Waals surface area contributed by atoms with E-state index >= 15 is 0 Å². The average molecular weight is 347 g/mol. The summed E-state index contributed by atoms with van der Waals surface area (Å²) in [6, 6.07) is 21.5. The van der Waals surface area contributed by atoms with E-state index in [1.165, 1.54) is 0 Å². The Morgan fingerprint density at radius 1 is 1.04 bits per heavy atom. The molecular formula is C21H21N3O2. The van der Waals surface area contributed by atoms with Crippen LogP contribution in [0, 0.1) is 0 Å². The lowest BCUT2D eigenvalue weighted by atomic mass is 10.0. The van der Waals surface area contributed by atoms with E-state index in [1.54, 1.807) is 7.11 Å². The molecule has 0 unspecified atom stereocenters. The lowest BCUT2D eigenvalue weighted by molar-refractivity contribution is 0.182. The Morgan fingerprint density at radius 2 is 1.88 bits per heavy atom. The number of anilines is 1. The van der Waals surface area contributed by atoms with Crippen LogP contribution in [0.2, 0.25) is 0 Å². The third-order valence-corrected chi connectivity index (χ3v) is 4.74. The van der Waals surface area contributed by atoms with E-state index in [1.807, 2.05) is 53.4 Å². The molecule has 5 heteroatoms. The molecule has 26 heavy (non-hydrogen) atoms. The van der Waals surface area contributed by atoms with Gasteiger partial charge in [0.05, 0.1) is 13.2 Å². The number of benzene rings is 2. The summed E-state index contributed by atoms with van der Waals surface area (Å²) in [5.74, 6) is 0.718. The van der Waals surface area contributed by atoms with Crippen LogP contribution >= 0.6 is 0 Å². The van der Waals surface area contributed by atoms with Crippen molar-refractivity contribution < 1.29 is 9.53 Å². The zero-order chi connectivity index (χ0) is 17.9. The molecule has 2 heterocycles. The second-order valence-electron chi connectivity index (χ2n) is 6.30. The Morgan fingerprint density at radius 3 is 2.69 bits per heavy atom. The third-order valence-electron chi connectivity index (χ3n) is 4.74. The molecule has 0 bridgehead atoms. The number of carbonyl (C=O) groups excluding carboxylic acids is 1. The van der Waals surface area contributed by atoms with Crippen LogP contribution in [-0.2, 0) is 6.54 Å². The highest BCUT2D eigenvalue weighted by Crippen LogP contribution is 2.32. The lowest BCUT2D eigenvalue weighted by Gasteiger charge is -2.37. The molecule has 5 nitrogen and oxygen atoms in total. The van der Waals surface area contributed by atoms with Crippen LogP contribution in [0.1, 0.15) is 17.3 Å². The topological polar surface area (TPSA) is 46.5 Å². The van der Waals surface area contributed by atoms with Gasteiger partial charge in [-0.3, -0.25) is 0 Å². The van der Waals surface area contributed by atoms with Gasteiger partial charge in [-0.25, -0.2) is 4.79 Å². The Hall–Kier alpha value is -3.21. The Labute approximate surface area is 152 Å². The molecule has 3 aromatic rings. The molecule has 0 saturated carbocycles. The quantitative estimate of drug-likeness (QED) is 0.774. The summed E-state index contributed by atoms with van der Waals surface area (Å²) in [5.41, 5.74) is 2.96. The van der Waals surface area contributed by atoms with Crippen molar-refractivity contribution in [2.75, 3.05) is 19.0 Å². The zero-order valence-corrected chi connectivity index (χ0v) is 14.6. The zero-order valence-electron chi connectivity index (χ0n) is 14.6. The number of urea groups is 1. The first kappa shape index (κ1) is 16.3. The van der Waals surface area contributed by atoms with E-state index in [9.17, 15) is 4.79 Å². The highest BCUT2D eigenvalue weighted by Gasteiger charge is 2.32. The third kappa shape index (κ3) is 3.04. The van der Waals surface area contributed by atoms with Gasteiger partial charge in [-0.05, 0) is 29.8 Å². The molecule has 0 radical (unpaired) electrons. The number of amides is 2. The highest BCUT2D eigenvalue weighted by molar-refractivity contribution is 5.90. The minimum atomic E-state index is -0.112. The number of hydrogen-bond donors (Lipinski definition) is 1. The molecule has 1 aliphatic heterocycles. The van der Waals surface area contributed by atoms with Crippen molar-refractivity contribution in [2.24, 2.45) is 0 Å². The van der Waals surface area contributed by atoms with E-state index in [2.05, 4.69) is 34.3 Å². The number of aromatic nitrogens is 1. The molecule has 1 atom stereocenters. The molecule has 1 aromatic heterocycles. The van der Waals surface area contributed by atoms with E-state index < -0.39 is 0 Å². The molecule has 0 saturated heterocycles. The number of fused-ring (bicyclic) bond motifs is 1. The van der Waals surface area contributed by atoms with Crippen molar-refractivity contribution in [1.82, 2.24) is 9.47 Å². The normalized spacial score (nSPS) is 16.0. The Kier molecular flexibility index (Phi) is 4.35. The molecule has 2 aromatic carbocycles. The number of nitrogens with one attached hydrogen (secondary N) is 1. The SMILES string of the molecule is COc1cccc(NC(=O)N2CCn3cccc3[C@H]2c2ccccc2)c1. The fourth-order valence-electron chi connectivity index (χ4n) is 3.48. The first-order valence-electron chi connectivity index (χ1n) is 8.68. The minimum absolute atomic E-state index is 0.106.